The number of ether oxygens (including phenoxy) is 2. The van der Waals surface area contributed by atoms with E-state index in [1.54, 1.807) is 24.3 Å². The average Bonchev–Trinajstić information content (AvgIpc) is 2.61. The predicted octanol–water partition coefficient (Wildman–Crippen LogP) is 4.60. The number of halogens is 2. The van der Waals surface area contributed by atoms with Gasteiger partial charge in [0.25, 0.3) is 0 Å². The van der Waals surface area contributed by atoms with E-state index in [9.17, 15) is 9.18 Å². The summed E-state index contributed by atoms with van der Waals surface area (Å²) in [5.74, 6) is 0.553. The van der Waals surface area contributed by atoms with Gasteiger partial charge in [0.1, 0.15) is 17.3 Å². The third kappa shape index (κ3) is 4.79. The van der Waals surface area contributed by atoms with Gasteiger partial charge in [-0.3, -0.25) is 0 Å². The van der Waals surface area contributed by atoms with Gasteiger partial charge in [-0.05, 0) is 17.7 Å². The maximum Gasteiger partial charge on any atom is 0.319 e. The lowest BCUT2D eigenvalue weighted by Gasteiger charge is -2.26. The van der Waals surface area contributed by atoms with Gasteiger partial charge in [-0.1, -0.05) is 37.6 Å². The zero-order valence-electron chi connectivity index (χ0n) is 15.2. The van der Waals surface area contributed by atoms with Gasteiger partial charge in [0.2, 0.25) is 0 Å². The molecule has 0 aliphatic rings. The molecule has 0 fully saturated rings. The molecule has 7 heteroatoms. The van der Waals surface area contributed by atoms with E-state index in [0.29, 0.717) is 28.8 Å². The van der Waals surface area contributed by atoms with Crippen LogP contribution in [0.5, 0.6) is 11.5 Å². The van der Waals surface area contributed by atoms with Gasteiger partial charge in [0, 0.05) is 24.1 Å². The first-order valence-corrected chi connectivity index (χ1v) is 8.37. The number of anilines is 1. The lowest BCUT2D eigenvalue weighted by Crippen LogP contribution is -2.39. The molecule has 5 nitrogen and oxygen atoms in total. The Kier molecular flexibility index (Phi) is 6.32. The van der Waals surface area contributed by atoms with E-state index in [0.717, 1.165) is 5.56 Å². The number of urea groups is 1. The van der Waals surface area contributed by atoms with Crippen LogP contribution in [0, 0.1) is 5.82 Å². The van der Waals surface area contributed by atoms with Crippen LogP contribution in [0.2, 0.25) is 5.02 Å². The van der Waals surface area contributed by atoms with Crippen molar-refractivity contribution in [1.29, 1.82) is 0 Å². The highest BCUT2D eigenvalue weighted by Gasteiger charge is 2.22. The van der Waals surface area contributed by atoms with Crippen molar-refractivity contribution in [3.8, 4) is 11.5 Å². The van der Waals surface area contributed by atoms with Gasteiger partial charge >= 0.3 is 6.03 Å². The number of benzene rings is 2. The third-order valence-corrected chi connectivity index (χ3v) is 4.33. The first-order valence-electron chi connectivity index (χ1n) is 7.99. The second-order valence-corrected chi connectivity index (χ2v) is 6.79. The Bertz CT molecular complexity index is 779. The Balaban J connectivity index is 2.06. The maximum atomic E-state index is 13.1. The van der Waals surface area contributed by atoms with Gasteiger partial charge in [-0.25, -0.2) is 9.18 Å². The van der Waals surface area contributed by atoms with Gasteiger partial charge in [-0.2, -0.15) is 0 Å². The van der Waals surface area contributed by atoms with E-state index in [-0.39, 0.29) is 11.2 Å². The summed E-state index contributed by atoms with van der Waals surface area (Å²) >= 11 is 6.06. The summed E-state index contributed by atoms with van der Waals surface area (Å²) in [4.78, 5) is 12.3. The molecule has 2 rings (SSSR count). The first-order chi connectivity index (χ1) is 12.3. The minimum Gasteiger partial charge on any atom is -0.495 e. The van der Waals surface area contributed by atoms with E-state index in [1.165, 1.54) is 26.4 Å². The topological polar surface area (TPSA) is 59.6 Å². The predicted molar refractivity (Wildman–Crippen MR) is 101 cm³/mol. The summed E-state index contributed by atoms with van der Waals surface area (Å²) in [5.41, 5.74) is 0.989. The van der Waals surface area contributed by atoms with E-state index >= 15 is 0 Å². The number of amides is 2. The summed E-state index contributed by atoms with van der Waals surface area (Å²) in [6.07, 6.45) is 0. The van der Waals surface area contributed by atoms with Crippen LogP contribution in [0.4, 0.5) is 14.9 Å². The molecule has 2 N–H and O–H groups in total. The van der Waals surface area contributed by atoms with Crippen LogP contribution in [-0.4, -0.2) is 26.8 Å². The fraction of sp³-hybridized carbons (Fsp3) is 0.316. The SMILES string of the molecule is COc1cc(NC(=O)NCC(C)(C)c2ccc(F)cc2)c(OC)cc1Cl. The Morgan fingerprint density at radius 2 is 1.73 bits per heavy atom. The molecule has 0 radical (unpaired) electrons. The van der Waals surface area contributed by atoms with Crippen molar-refractivity contribution in [3.63, 3.8) is 0 Å². The van der Waals surface area contributed by atoms with Crippen molar-refractivity contribution in [1.82, 2.24) is 5.32 Å². The fourth-order valence-corrected chi connectivity index (χ4v) is 2.66. The van der Waals surface area contributed by atoms with Crippen LogP contribution in [0.3, 0.4) is 0 Å². The zero-order chi connectivity index (χ0) is 19.3. The van der Waals surface area contributed by atoms with E-state index < -0.39 is 6.03 Å². The number of hydrogen-bond acceptors (Lipinski definition) is 3. The first kappa shape index (κ1) is 19.8. The van der Waals surface area contributed by atoms with Crippen LogP contribution in [0.25, 0.3) is 0 Å². The van der Waals surface area contributed by atoms with Crippen molar-refractivity contribution >= 4 is 23.3 Å². The quantitative estimate of drug-likeness (QED) is 0.770. The molecule has 0 bridgehead atoms. The maximum absolute atomic E-state index is 13.1. The summed E-state index contributed by atoms with van der Waals surface area (Å²) < 4.78 is 23.5. The highest BCUT2D eigenvalue weighted by Crippen LogP contribution is 2.35. The molecule has 0 aromatic heterocycles. The van der Waals surface area contributed by atoms with E-state index in [2.05, 4.69) is 10.6 Å². The molecule has 0 aliphatic heterocycles. The van der Waals surface area contributed by atoms with Crippen molar-refractivity contribution < 1.29 is 18.7 Å². The largest absolute Gasteiger partial charge is 0.495 e. The monoisotopic (exact) mass is 380 g/mol. The molecule has 0 saturated heterocycles. The second kappa shape index (κ2) is 8.27. The molecule has 140 valence electrons. The van der Waals surface area contributed by atoms with Gasteiger partial charge in [0.15, 0.2) is 0 Å². The van der Waals surface area contributed by atoms with E-state index in [1.807, 2.05) is 13.8 Å². The molecule has 0 saturated carbocycles. The van der Waals surface area contributed by atoms with E-state index in [4.69, 9.17) is 21.1 Å². The summed E-state index contributed by atoms with van der Waals surface area (Å²) in [5, 5.41) is 5.92. The zero-order valence-corrected chi connectivity index (χ0v) is 15.9. The van der Waals surface area contributed by atoms with Crippen molar-refractivity contribution in [2.24, 2.45) is 0 Å². The van der Waals surface area contributed by atoms with Crippen LogP contribution in [-0.2, 0) is 5.41 Å². The lowest BCUT2D eigenvalue weighted by atomic mass is 9.84. The molecule has 0 spiro atoms. The number of methoxy groups -OCH3 is 2. The second-order valence-electron chi connectivity index (χ2n) is 6.39. The summed E-state index contributed by atoms with van der Waals surface area (Å²) in [6.45, 7) is 4.29. The third-order valence-electron chi connectivity index (χ3n) is 4.04. The van der Waals surface area contributed by atoms with Gasteiger partial charge in [0.05, 0.1) is 24.9 Å². The van der Waals surface area contributed by atoms with Gasteiger partial charge < -0.3 is 20.1 Å². The fourth-order valence-electron chi connectivity index (χ4n) is 2.43. The average molecular weight is 381 g/mol. The molecular formula is C19H22ClFN2O3. The van der Waals surface area contributed by atoms with Crippen LogP contribution < -0.4 is 20.1 Å². The Morgan fingerprint density at radius 3 is 2.31 bits per heavy atom. The normalized spacial score (nSPS) is 11.0. The molecule has 2 aromatic rings. The molecule has 0 aliphatic carbocycles. The number of rotatable bonds is 6. The summed E-state index contributed by atoms with van der Waals surface area (Å²) in [6, 6.07) is 8.99. The standard InChI is InChI=1S/C19H22ClFN2O3/c1-19(2,12-5-7-13(21)8-6-12)11-22-18(24)23-15-10-16(25-3)14(20)9-17(15)26-4/h5-10H,11H2,1-4H3,(H2,22,23,24). The lowest BCUT2D eigenvalue weighted by molar-refractivity contribution is 0.249. The molecular weight excluding hydrogens is 359 g/mol. The Hall–Kier alpha value is -2.47. The molecule has 0 unspecified atom stereocenters. The Morgan fingerprint density at radius 1 is 1.12 bits per heavy atom. The highest BCUT2D eigenvalue weighted by atomic mass is 35.5. The van der Waals surface area contributed by atoms with Crippen molar-refractivity contribution in [3.05, 3.63) is 52.8 Å². The number of nitrogens with one attached hydrogen (secondary N) is 2. The molecule has 2 amide bonds. The number of carbonyl (C=O) groups excluding carboxylic acids is 1. The van der Waals surface area contributed by atoms with Gasteiger partial charge in [-0.15, -0.1) is 0 Å². The minimum absolute atomic E-state index is 0.293. The molecule has 26 heavy (non-hydrogen) atoms. The van der Waals surface area contributed by atoms with Crippen molar-refractivity contribution in [2.45, 2.75) is 19.3 Å². The van der Waals surface area contributed by atoms with Crippen LogP contribution >= 0.6 is 11.6 Å². The molecule has 2 aromatic carbocycles. The summed E-state index contributed by atoms with van der Waals surface area (Å²) in [7, 11) is 2.97. The number of hydrogen-bond donors (Lipinski definition) is 2. The smallest absolute Gasteiger partial charge is 0.319 e. The van der Waals surface area contributed by atoms with Crippen LogP contribution in [0.15, 0.2) is 36.4 Å². The van der Waals surface area contributed by atoms with Crippen molar-refractivity contribution in [2.75, 3.05) is 26.1 Å². The minimum atomic E-state index is -0.400. The Labute approximate surface area is 157 Å². The highest BCUT2D eigenvalue weighted by molar-refractivity contribution is 6.32. The number of carbonyl (C=O) groups is 1. The molecule has 0 atom stereocenters. The van der Waals surface area contributed by atoms with Crippen LogP contribution in [0.1, 0.15) is 19.4 Å². The molecule has 0 heterocycles.